The maximum absolute atomic E-state index is 13.5. The van der Waals surface area contributed by atoms with Crippen LogP contribution < -0.4 is 18.9 Å². The summed E-state index contributed by atoms with van der Waals surface area (Å²) in [4.78, 5) is 54.3. The Morgan fingerprint density at radius 1 is 0.708 bits per heavy atom. The van der Waals surface area contributed by atoms with Crippen LogP contribution >= 0.6 is 0 Å². The molecule has 2 saturated heterocycles. The number of cyclic esters (lactones) is 1. The van der Waals surface area contributed by atoms with Crippen molar-refractivity contribution in [3.63, 3.8) is 0 Å². The molecule has 0 saturated carbocycles. The quantitative estimate of drug-likeness (QED) is 0.0223. The highest BCUT2D eigenvalue weighted by Gasteiger charge is 2.47. The number of unbranched alkanes of at least 4 members (excludes halogenated alkanes) is 3. The van der Waals surface area contributed by atoms with Crippen molar-refractivity contribution in [2.45, 2.75) is 188 Å². The summed E-state index contributed by atoms with van der Waals surface area (Å²) in [5.74, 6) is -3.72. The normalized spacial score (nSPS) is 22.1. The van der Waals surface area contributed by atoms with E-state index in [1.807, 2.05) is 52.0 Å². The second-order valence-corrected chi connectivity index (χ2v) is 24.9. The molecule has 10 atom stereocenters. The van der Waals surface area contributed by atoms with Crippen molar-refractivity contribution in [2.75, 3.05) is 61.7 Å². The Hall–Kier alpha value is -7.40. The summed E-state index contributed by atoms with van der Waals surface area (Å²) in [6, 6.07) is 23.9. The third kappa shape index (κ3) is 25.2. The highest BCUT2D eigenvalue weighted by atomic mass is 16.8. The van der Waals surface area contributed by atoms with Gasteiger partial charge in [0.05, 0.1) is 43.7 Å². The van der Waals surface area contributed by atoms with Gasteiger partial charge in [0.15, 0.2) is 25.2 Å². The lowest BCUT2D eigenvalue weighted by molar-refractivity contribution is -0.153. The molecule has 20 heteroatoms. The molecule has 0 radical (unpaired) electrons. The van der Waals surface area contributed by atoms with Crippen LogP contribution in [-0.2, 0) is 42.6 Å². The third-order valence-corrected chi connectivity index (χ3v) is 16.2. The average molecular weight is 1340 g/mol. The Morgan fingerprint density at radius 2 is 1.27 bits per heavy atom. The summed E-state index contributed by atoms with van der Waals surface area (Å²) in [7, 11) is 5.95. The van der Waals surface area contributed by atoms with E-state index in [2.05, 4.69) is 25.7 Å². The second-order valence-electron chi connectivity index (χ2n) is 24.9. The number of benzene rings is 4. The maximum Gasteiger partial charge on any atom is 0.342 e. The molecule has 2 N–H and O–H groups in total. The van der Waals surface area contributed by atoms with E-state index in [1.54, 1.807) is 131 Å². The number of aliphatic hydroxyl groups excluding tert-OH is 1. The molecule has 4 aromatic rings. The highest BCUT2D eigenvalue weighted by molar-refractivity contribution is 5.97. The monoisotopic (exact) mass is 1340 g/mol. The van der Waals surface area contributed by atoms with Gasteiger partial charge in [0, 0.05) is 32.3 Å². The fourth-order valence-corrected chi connectivity index (χ4v) is 10.6. The lowest BCUT2D eigenvalue weighted by Crippen LogP contribution is -2.37. The first-order chi connectivity index (χ1) is 45.9. The zero-order chi connectivity index (χ0) is 70.4. The summed E-state index contributed by atoms with van der Waals surface area (Å²) in [6.45, 7) is 25.0. The van der Waals surface area contributed by atoms with Gasteiger partial charge in [-0.25, -0.2) is 19.2 Å². The molecule has 0 spiro atoms. The van der Waals surface area contributed by atoms with E-state index < -0.39 is 84.3 Å². The van der Waals surface area contributed by atoms with E-state index in [0.717, 1.165) is 0 Å². The van der Waals surface area contributed by atoms with E-state index in [-0.39, 0.29) is 48.0 Å². The number of hydrogen-bond donors (Lipinski definition) is 2. The van der Waals surface area contributed by atoms with Crippen LogP contribution in [0.5, 0.6) is 23.0 Å². The van der Waals surface area contributed by atoms with E-state index in [1.165, 1.54) is 92.7 Å². The fraction of sp³-hybridized carbons (Fsp3) is 0.526. The molecule has 3 aliphatic rings. The fourth-order valence-electron chi connectivity index (χ4n) is 10.6. The topological polar surface area (TPSA) is 232 Å². The van der Waals surface area contributed by atoms with Crippen molar-refractivity contribution >= 4 is 36.0 Å². The van der Waals surface area contributed by atoms with Crippen LogP contribution in [0.2, 0.25) is 0 Å². The Balaban J connectivity index is 0.000000293. The van der Waals surface area contributed by atoms with E-state index in [9.17, 15) is 29.4 Å². The summed E-state index contributed by atoms with van der Waals surface area (Å²) in [6.07, 6.45) is 18.1. The molecule has 0 aliphatic carbocycles. The first-order valence-corrected chi connectivity index (χ1v) is 33.4. The zero-order valence-electron chi connectivity index (χ0n) is 58.9. The summed E-state index contributed by atoms with van der Waals surface area (Å²) >= 11 is 0. The number of ether oxygens (including phenoxy) is 13. The van der Waals surface area contributed by atoms with Gasteiger partial charge in [-0.05, 0) is 159 Å². The molecule has 2 fully saturated rings. The molecule has 96 heavy (non-hydrogen) atoms. The minimum absolute atomic E-state index is 0.0470. The maximum atomic E-state index is 13.5. The van der Waals surface area contributed by atoms with Gasteiger partial charge in [0.1, 0.15) is 64.6 Å². The minimum Gasteiger partial charge on any atom is -0.497 e. The molecular weight excluding hydrogens is 1230 g/mol. The molecule has 3 aliphatic heterocycles. The van der Waals surface area contributed by atoms with Gasteiger partial charge in [-0.2, -0.15) is 0 Å². The molecular formula is C76H105NO19. The second kappa shape index (κ2) is 40.3. The van der Waals surface area contributed by atoms with Crippen LogP contribution in [0.4, 0.5) is 0 Å². The van der Waals surface area contributed by atoms with Crippen molar-refractivity contribution in [1.29, 1.82) is 0 Å². The molecule has 528 valence electrons. The number of methoxy groups -OCH3 is 4. The van der Waals surface area contributed by atoms with E-state index in [0.29, 0.717) is 46.6 Å². The number of nitrogens with zero attached hydrogens (tertiary/aromatic N) is 1. The predicted octanol–water partition coefficient (Wildman–Crippen LogP) is 14.4. The Morgan fingerprint density at radius 3 is 1.83 bits per heavy atom. The average Bonchev–Trinajstić information content (AvgIpc) is 1.31. The van der Waals surface area contributed by atoms with Gasteiger partial charge in [0.25, 0.3) is 0 Å². The Bertz CT molecular complexity index is 3120. The molecule has 20 nitrogen and oxygen atoms in total. The van der Waals surface area contributed by atoms with Crippen molar-refractivity contribution < 1.29 is 91.0 Å². The predicted molar refractivity (Wildman–Crippen MR) is 369 cm³/mol. The molecule has 5 unspecified atom stereocenters. The zero-order valence-corrected chi connectivity index (χ0v) is 58.9. The first-order valence-electron chi connectivity index (χ1n) is 33.4. The number of fused-ring (bicyclic) bond motifs is 2. The Kier molecular flexibility index (Phi) is 33.3. The first kappa shape index (κ1) is 79.3. The number of carbonyl (C=O) groups excluding carboxylic acids is 3. The summed E-state index contributed by atoms with van der Waals surface area (Å²) in [5, 5.41) is 19.9. The summed E-state index contributed by atoms with van der Waals surface area (Å²) in [5.41, 5.74) is 1.95. The van der Waals surface area contributed by atoms with Crippen LogP contribution in [-0.4, -0.2) is 161 Å². The van der Waals surface area contributed by atoms with Crippen LogP contribution in [0.1, 0.15) is 180 Å². The van der Waals surface area contributed by atoms with Gasteiger partial charge in [0.2, 0.25) is 0 Å². The Labute approximate surface area is 568 Å². The van der Waals surface area contributed by atoms with Gasteiger partial charge >= 0.3 is 23.9 Å². The smallest absolute Gasteiger partial charge is 0.342 e. The van der Waals surface area contributed by atoms with Gasteiger partial charge in [-0.15, -0.1) is 0 Å². The van der Waals surface area contributed by atoms with Crippen LogP contribution in [0.25, 0.3) is 12.2 Å². The lowest BCUT2D eigenvalue weighted by Gasteiger charge is -2.25. The molecule has 7 rings (SSSR count). The number of carboxylic acid groups (broad SMARTS) is 1. The standard InChI is InChI=1S/C32H40O10.C32H38O9.C12H27N/c1-20(21(2)33)15-16-25(40-31(36)22-11-8-7-9-12-22)29-26(41-32(3,4)42-29)14-10-13-23-17-24(38-6)18-27(39-19-37-5)28(23)30(34)35;1-20-15-16-25(39-30(33)22-11-8-7-9-12-22)29-26(40-32(3,4)41-29)14-10-13-23-17-24(36-6)18-27(37-19-35-5)28(23)31(34)38-21(20)2;1-4-7-10-13(11-8-5-2)12-9-6-3/h7-13,15-18,20-21,25-26,29,33H,14,19H2,1-6H3,(H,34,35);7-13,15-18,20-21,25-26,29H,14,19H2,1-6H3;4-12H2,1-3H3/b2*13-10+,16-15-;/t20-,21-,25?,26-,29+;20-,21?,25?,26?,29?;/m01./s1. The van der Waals surface area contributed by atoms with Gasteiger partial charge < -0.3 is 76.7 Å². The number of rotatable bonds is 29. The van der Waals surface area contributed by atoms with Crippen molar-refractivity contribution in [3.05, 3.63) is 155 Å². The van der Waals surface area contributed by atoms with Crippen LogP contribution in [0, 0.1) is 11.8 Å². The van der Waals surface area contributed by atoms with Gasteiger partial charge in [-0.1, -0.05) is 127 Å². The third-order valence-electron chi connectivity index (χ3n) is 16.2. The number of esters is 3. The molecule has 0 amide bonds. The number of hydrogen-bond acceptors (Lipinski definition) is 19. The van der Waals surface area contributed by atoms with E-state index >= 15 is 0 Å². The van der Waals surface area contributed by atoms with Crippen molar-refractivity contribution in [2.24, 2.45) is 11.8 Å². The molecule has 0 aromatic heterocycles. The van der Waals surface area contributed by atoms with Crippen LogP contribution in [0.3, 0.4) is 0 Å². The van der Waals surface area contributed by atoms with Crippen LogP contribution in [0.15, 0.2) is 121 Å². The number of aromatic carboxylic acids is 1. The molecule has 4 aromatic carbocycles. The molecule has 0 bridgehead atoms. The highest BCUT2D eigenvalue weighted by Crippen LogP contribution is 2.38. The number of aliphatic hydroxyl groups is 1. The number of carboxylic acids is 1. The SMILES string of the molecule is CCCCN(CCCC)CCCC.COCOc1cc(OC)cc(/C=C/C[C@@H]2OC(C)(C)O[C@@H]2C(/C=C\[C@H](C)[C@H](C)O)OC(=O)c2ccccc2)c1C(=O)O.COCOc1cc(OC)cc2c1C(=O)OC(C)[C@H](C)/C=C\C(OC(=O)c1ccccc1)C1OC(C)(C)OC1C/C=C/2. The largest absolute Gasteiger partial charge is 0.497 e. The lowest BCUT2D eigenvalue weighted by atomic mass is 9.98. The number of carbonyl (C=O) groups is 4. The minimum atomic E-state index is -1.17. The van der Waals surface area contributed by atoms with E-state index in [4.69, 9.17) is 61.6 Å². The van der Waals surface area contributed by atoms with Crippen molar-refractivity contribution in [1.82, 2.24) is 4.90 Å². The summed E-state index contributed by atoms with van der Waals surface area (Å²) < 4.78 is 74.8. The molecule has 3 heterocycles. The van der Waals surface area contributed by atoms with Crippen molar-refractivity contribution in [3.8, 4) is 23.0 Å². The van der Waals surface area contributed by atoms with Gasteiger partial charge in [-0.3, -0.25) is 0 Å².